The number of carbonyl (C=O) groups excluding carboxylic acids is 1. The first-order valence-corrected chi connectivity index (χ1v) is 7.69. The van der Waals surface area contributed by atoms with E-state index in [1.807, 2.05) is 0 Å². The fraction of sp³-hybridized carbons (Fsp3) is 0.857. The number of hydrogen-bond donors (Lipinski definition) is 3. The van der Waals surface area contributed by atoms with E-state index in [0.717, 1.165) is 26.1 Å². The number of aliphatic carboxylic acids is 1. The number of nitrogens with zero attached hydrogens (tertiary/aromatic N) is 1. The van der Waals surface area contributed by atoms with Gasteiger partial charge in [-0.2, -0.15) is 0 Å². The lowest BCUT2D eigenvalue weighted by molar-refractivity contribution is -0.141. The van der Waals surface area contributed by atoms with Crippen LogP contribution in [-0.2, 0) is 9.53 Å². The van der Waals surface area contributed by atoms with Crippen molar-refractivity contribution < 1.29 is 19.4 Å². The second-order valence-electron chi connectivity index (χ2n) is 5.79. The molecule has 0 radical (unpaired) electrons. The molecule has 0 aromatic carbocycles. The fourth-order valence-electron chi connectivity index (χ4n) is 2.97. The van der Waals surface area contributed by atoms with Gasteiger partial charge in [0.1, 0.15) is 0 Å². The van der Waals surface area contributed by atoms with Crippen LogP contribution in [0.5, 0.6) is 0 Å². The van der Waals surface area contributed by atoms with Gasteiger partial charge in [0.25, 0.3) is 0 Å². The summed E-state index contributed by atoms with van der Waals surface area (Å²) in [4.78, 5) is 25.0. The van der Waals surface area contributed by atoms with Crippen molar-refractivity contribution in [1.82, 2.24) is 15.5 Å². The van der Waals surface area contributed by atoms with Crippen molar-refractivity contribution in [3.05, 3.63) is 0 Å². The van der Waals surface area contributed by atoms with Gasteiger partial charge in [-0.1, -0.05) is 6.92 Å². The number of carbonyl (C=O) groups is 2. The van der Waals surface area contributed by atoms with Crippen LogP contribution in [0.4, 0.5) is 4.79 Å². The average Bonchev–Trinajstić information content (AvgIpc) is 2.94. The minimum atomic E-state index is -0.769. The minimum Gasteiger partial charge on any atom is -0.481 e. The Morgan fingerprint density at radius 3 is 2.86 bits per heavy atom. The molecular weight excluding hydrogens is 274 g/mol. The van der Waals surface area contributed by atoms with E-state index < -0.39 is 5.97 Å². The number of amides is 2. The van der Waals surface area contributed by atoms with Crippen LogP contribution in [-0.4, -0.2) is 66.9 Å². The highest BCUT2D eigenvalue weighted by molar-refractivity contribution is 5.75. The second kappa shape index (κ2) is 7.61. The molecule has 0 aromatic heterocycles. The maximum atomic E-state index is 11.8. The second-order valence-corrected chi connectivity index (χ2v) is 5.79. The monoisotopic (exact) mass is 299 g/mol. The molecule has 7 nitrogen and oxygen atoms in total. The van der Waals surface area contributed by atoms with Crippen molar-refractivity contribution in [3.8, 4) is 0 Å². The van der Waals surface area contributed by atoms with Crippen LogP contribution in [0, 0.1) is 5.92 Å². The van der Waals surface area contributed by atoms with E-state index >= 15 is 0 Å². The molecule has 21 heavy (non-hydrogen) atoms. The zero-order chi connectivity index (χ0) is 15.2. The Morgan fingerprint density at radius 1 is 1.38 bits per heavy atom. The van der Waals surface area contributed by atoms with Gasteiger partial charge in [0.05, 0.1) is 18.6 Å². The van der Waals surface area contributed by atoms with Crippen LogP contribution in [0.2, 0.25) is 0 Å². The Bertz CT molecular complexity index is 377. The van der Waals surface area contributed by atoms with Gasteiger partial charge in [-0.15, -0.1) is 0 Å². The van der Waals surface area contributed by atoms with E-state index in [1.165, 1.54) is 0 Å². The van der Waals surface area contributed by atoms with E-state index in [0.29, 0.717) is 26.0 Å². The summed E-state index contributed by atoms with van der Waals surface area (Å²) >= 11 is 0. The summed E-state index contributed by atoms with van der Waals surface area (Å²) in [5.74, 6) is -1.09. The number of carboxylic acid groups (broad SMARTS) is 1. The number of likely N-dealkylation sites (N-methyl/N-ethyl adjacent to an activating group) is 1. The SMILES string of the molecule is CCN1CCOC(CNC(=O)NC2CCC(C(=O)O)C2)C1. The lowest BCUT2D eigenvalue weighted by Gasteiger charge is -2.32. The number of urea groups is 1. The first kappa shape index (κ1) is 16.0. The summed E-state index contributed by atoms with van der Waals surface area (Å²) in [6.45, 7) is 6.06. The Balaban J connectivity index is 1.65. The Kier molecular flexibility index (Phi) is 5.81. The number of morpholine rings is 1. The predicted octanol–water partition coefficient (Wildman–Crippen LogP) is 0.260. The molecule has 1 heterocycles. The van der Waals surface area contributed by atoms with Crippen LogP contribution < -0.4 is 10.6 Å². The molecule has 0 spiro atoms. The molecular formula is C14H25N3O4. The molecule has 0 bridgehead atoms. The maximum Gasteiger partial charge on any atom is 0.315 e. The standard InChI is InChI=1S/C14H25N3O4/c1-2-17-5-6-21-12(9-17)8-15-14(20)16-11-4-3-10(7-11)13(18)19/h10-12H,2-9H2,1H3,(H,18,19)(H2,15,16,20). The molecule has 3 N–H and O–H groups in total. The molecule has 3 atom stereocenters. The van der Waals surface area contributed by atoms with Crippen LogP contribution in [0.15, 0.2) is 0 Å². The normalized spacial score (nSPS) is 30.0. The highest BCUT2D eigenvalue weighted by Gasteiger charge is 2.30. The summed E-state index contributed by atoms with van der Waals surface area (Å²) in [6.07, 6.45) is 1.91. The number of ether oxygens (including phenoxy) is 1. The lowest BCUT2D eigenvalue weighted by Crippen LogP contribution is -2.50. The van der Waals surface area contributed by atoms with Crippen molar-refractivity contribution in [1.29, 1.82) is 0 Å². The molecule has 1 aliphatic carbocycles. The van der Waals surface area contributed by atoms with Gasteiger partial charge in [-0.3, -0.25) is 9.69 Å². The Hall–Kier alpha value is -1.34. The number of carboxylic acids is 1. The molecule has 1 aliphatic heterocycles. The average molecular weight is 299 g/mol. The highest BCUT2D eigenvalue weighted by Crippen LogP contribution is 2.25. The Morgan fingerprint density at radius 2 is 2.19 bits per heavy atom. The molecule has 120 valence electrons. The summed E-state index contributed by atoms with van der Waals surface area (Å²) < 4.78 is 5.62. The first-order valence-electron chi connectivity index (χ1n) is 7.69. The number of rotatable bonds is 5. The van der Waals surface area contributed by atoms with Crippen molar-refractivity contribution in [2.75, 3.05) is 32.8 Å². The third-order valence-electron chi connectivity index (χ3n) is 4.28. The van der Waals surface area contributed by atoms with Crippen molar-refractivity contribution >= 4 is 12.0 Å². The van der Waals surface area contributed by atoms with Gasteiger partial charge in [-0.25, -0.2) is 4.79 Å². The molecule has 2 amide bonds. The largest absolute Gasteiger partial charge is 0.481 e. The van der Waals surface area contributed by atoms with Gasteiger partial charge in [-0.05, 0) is 25.8 Å². The summed E-state index contributed by atoms with van der Waals surface area (Å²) in [7, 11) is 0. The van der Waals surface area contributed by atoms with Gasteiger partial charge >= 0.3 is 12.0 Å². The molecule has 1 saturated carbocycles. The molecule has 1 saturated heterocycles. The fourth-order valence-corrected chi connectivity index (χ4v) is 2.97. The van der Waals surface area contributed by atoms with Gasteiger partial charge in [0, 0.05) is 25.7 Å². The topological polar surface area (TPSA) is 90.9 Å². The number of nitrogens with one attached hydrogen (secondary N) is 2. The van der Waals surface area contributed by atoms with E-state index in [2.05, 4.69) is 22.5 Å². The highest BCUT2D eigenvalue weighted by atomic mass is 16.5. The van der Waals surface area contributed by atoms with Crippen molar-refractivity contribution in [2.24, 2.45) is 5.92 Å². The van der Waals surface area contributed by atoms with Crippen LogP contribution in [0.1, 0.15) is 26.2 Å². The third-order valence-corrected chi connectivity index (χ3v) is 4.28. The van der Waals surface area contributed by atoms with E-state index in [-0.39, 0.29) is 24.1 Å². The van der Waals surface area contributed by atoms with Gasteiger partial charge in [0.2, 0.25) is 0 Å². The zero-order valence-electron chi connectivity index (χ0n) is 12.5. The quantitative estimate of drug-likeness (QED) is 0.677. The lowest BCUT2D eigenvalue weighted by atomic mass is 10.1. The van der Waals surface area contributed by atoms with Crippen LogP contribution in [0.25, 0.3) is 0 Å². The van der Waals surface area contributed by atoms with Crippen LogP contribution >= 0.6 is 0 Å². The van der Waals surface area contributed by atoms with Crippen molar-refractivity contribution in [2.45, 2.75) is 38.3 Å². The Labute approximate surface area is 125 Å². The van der Waals surface area contributed by atoms with E-state index in [9.17, 15) is 9.59 Å². The predicted molar refractivity (Wildman–Crippen MR) is 77.2 cm³/mol. The van der Waals surface area contributed by atoms with E-state index in [1.54, 1.807) is 0 Å². The molecule has 0 aromatic rings. The molecule has 2 fully saturated rings. The zero-order valence-corrected chi connectivity index (χ0v) is 12.5. The maximum absolute atomic E-state index is 11.8. The van der Waals surface area contributed by atoms with Gasteiger partial charge < -0.3 is 20.5 Å². The molecule has 2 aliphatic rings. The first-order chi connectivity index (χ1) is 10.1. The summed E-state index contributed by atoms with van der Waals surface area (Å²) in [5.41, 5.74) is 0. The number of hydrogen-bond acceptors (Lipinski definition) is 4. The van der Waals surface area contributed by atoms with Gasteiger partial charge in [0.15, 0.2) is 0 Å². The van der Waals surface area contributed by atoms with E-state index in [4.69, 9.17) is 9.84 Å². The minimum absolute atomic E-state index is 0.0276. The third kappa shape index (κ3) is 4.86. The summed E-state index contributed by atoms with van der Waals surface area (Å²) in [5, 5.41) is 14.6. The smallest absolute Gasteiger partial charge is 0.315 e. The molecule has 3 unspecified atom stereocenters. The summed E-state index contributed by atoms with van der Waals surface area (Å²) in [6, 6.07) is -0.270. The molecule has 2 rings (SSSR count). The van der Waals surface area contributed by atoms with Crippen LogP contribution in [0.3, 0.4) is 0 Å². The van der Waals surface area contributed by atoms with Crippen molar-refractivity contribution in [3.63, 3.8) is 0 Å². The molecule has 7 heteroatoms.